The molecule has 2 aromatic carbocycles. The van der Waals surface area contributed by atoms with Gasteiger partial charge in [-0.05, 0) is 78.3 Å². The topological polar surface area (TPSA) is 79.7 Å². The summed E-state index contributed by atoms with van der Waals surface area (Å²) in [5, 5.41) is 9.62. The fraction of sp³-hybridized carbons (Fsp3) is 0.321. The van der Waals surface area contributed by atoms with Crippen LogP contribution in [-0.4, -0.2) is 40.5 Å². The maximum atomic E-state index is 13.2. The number of carboxylic acid groups (broad SMARTS) is 1. The highest BCUT2D eigenvalue weighted by Crippen LogP contribution is 2.33. The molecule has 0 radical (unpaired) electrons. The molecule has 0 spiro atoms. The van der Waals surface area contributed by atoms with Crippen LogP contribution in [0, 0.1) is 20.8 Å². The quantitative estimate of drug-likeness (QED) is 0.573. The standard InChI is InChI=1S/C28H30N2O4/c1-17-5-6-22(11-18(17)2)28(33)30-10-9-20-7-8-21(13-23(20)16-30)24(14-27(31)32)25-15-29-26(34-4)12-19(25)3/h5-8,11-13,15,24H,9-10,14,16H2,1-4H3,(H,31,32). The molecule has 1 aliphatic heterocycles. The van der Waals surface area contributed by atoms with E-state index < -0.39 is 5.97 Å². The smallest absolute Gasteiger partial charge is 0.304 e. The van der Waals surface area contributed by atoms with E-state index in [-0.39, 0.29) is 18.2 Å². The Morgan fingerprint density at radius 3 is 2.50 bits per heavy atom. The molecule has 1 amide bonds. The molecule has 34 heavy (non-hydrogen) atoms. The van der Waals surface area contributed by atoms with Gasteiger partial charge in [0.1, 0.15) is 0 Å². The fourth-order valence-electron chi connectivity index (χ4n) is 4.62. The van der Waals surface area contributed by atoms with Crippen LogP contribution < -0.4 is 4.74 Å². The first-order chi connectivity index (χ1) is 16.3. The number of pyridine rings is 1. The van der Waals surface area contributed by atoms with E-state index in [1.54, 1.807) is 13.3 Å². The Bertz CT molecular complexity index is 1250. The Balaban J connectivity index is 1.64. The molecule has 4 rings (SSSR count). The predicted molar refractivity (Wildman–Crippen MR) is 130 cm³/mol. The van der Waals surface area contributed by atoms with Gasteiger partial charge in [0, 0.05) is 36.8 Å². The van der Waals surface area contributed by atoms with Crippen LogP contribution in [0.15, 0.2) is 48.7 Å². The number of carbonyl (C=O) groups excluding carboxylic acids is 1. The second-order valence-corrected chi connectivity index (χ2v) is 9.04. The molecule has 1 N–H and O–H groups in total. The number of carbonyl (C=O) groups is 2. The maximum Gasteiger partial charge on any atom is 0.304 e. The van der Waals surface area contributed by atoms with E-state index in [1.807, 2.05) is 56.0 Å². The lowest BCUT2D eigenvalue weighted by Gasteiger charge is -2.30. The Kier molecular flexibility index (Phi) is 6.68. The Labute approximate surface area is 200 Å². The Morgan fingerprint density at radius 2 is 1.82 bits per heavy atom. The summed E-state index contributed by atoms with van der Waals surface area (Å²) in [5.41, 5.74) is 7.94. The summed E-state index contributed by atoms with van der Waals surface area (Å²) in [5.74, 6) is -0.686. The minimum atomic E-state index is -0.871. The summed E-state index contributed by atoms with van der Waals surface area (Å²) in [6.45, 7) is 7.17. The van der Waals surface area contributed by atoms with Gasteiger partial charge in [0.25, 0.3) is 5.91 Å². The number of amides is 1. The lowest BCUT2D eigenvalue weighted by molar-refractivity contribution is -0.137. The molecule has 176 valence electrons. The van der Waals surface area contributed by atoms with E-state index in [2.05, 4.69) is 17.1 Å². The minimum Gasteiger partial charge on any atom is -0.481 e. The summed E-state index contributed by atoms with van der Waals surface area (Å²) < 4.78 is 5.21. The molecule has 0 saturated carbocycles. The molecule has 1 aliphatic rings. The average molecular weight is 459 g/mol. The monoisotopic (exact) mass is 458 g/mol. The van der Waals surface area contributed by atoms with Crippen molar-refractivity contribution < 1.29 is 19.4 Å². The number of hydrogen-bond acceptors (Lipinski definition) is 4. The first-order valence-corrected chi connectivity index (χ1v) is 11.5. The van der Waals surface area contributed by atoms with Crippen LogP contribution >= 0.6 is 0 Å². The first kappa shape index (κ1) is 23.5. The van der Waals surface area contributed by atoms with Gasteiger partial charge in [0.15, 0.2) is 0 Å². The summed E-state index contributed by atoms with van der Waals surface area (Å²) in [4.78, 5) is 31.1. The number of aryl methyl sites for hydroxylation is 3. The van der Waals surface area contributed by atoms with Crippen molar-refractivity contribution in [2.24, 2.45) is 0 Å². The second kappa shape index (κ2) is 9.67. The summed E-state index contributed by atoms with van der Waals surface area (Å²) in [6.07, 6.45) is 2.44. The van der Waals surface area contributed by atoms with E-state index in [1.165, 1.54) is 5.56 Å². The summed E-state index contributed by atoms with van der Waals surface area (Å²) in [7, 11) is 1.56. The zero-order valence-electron chi connectivity index (χ0n) is 20.1. The van der Waals surface area contributed by atoms with E-state index in [0.29, 0.717) is 24.5 Å². The third kappa shape index (κ3) is 4.81. The average Bonchev–Trinajstić information content (AvgIpc) is 2.83. The van der Waals surface area contributed by atoms with Crippen LogP contribution in [0.1, 0.15) is 61.6 Å². The van der Waals surface area contributed by atoms with Gasteiger partial charge in [-0.1, -0.05) is 24.3 Å². The molecule has 0 aliphatic carbocycles. The van der Waals surface area contributed by atoms with E-state index >= 15 is 0 Å². The van der Waals surface area contributed by atoms with Gasteiger partial charge in [0.05, 0.1) is 13.5 Å². The third-order valence-electron chi connectivity index (χ3n) is 6.78. The molecule has 3 aromatic rings. The number of ether oxygens (including phenoxy) is 1. The van der Waals surface area contributed by atoms with Gasteiger partial charge in [-0.3, -0.25) is 9.59 Å². The highest BCUT2D eigenvalue weighted by Gasteiger charge is 2.25. The number of benzene rings is 2. The number of hydrogen-bond donors (Lipinski definition) is 1. The Morgan fingerprint density at radius 1 is 1.03 bits per heavy atom. The summed E-state index contributed by atoms with van der Waals surface area (Å²) >= 11 is 0. The van der Waals surface area contributed by atoms with Crippen molar-refractivity contribution in [1.29, 1.82) is 0 Å². The third-order valence-corrected chi connectivity index (χ3v) is 6.78. The van der Waals surface area contributed by atoms with Crippen molar-refractivity contribution in [3.05, 3.63) is 93.2 Å². The number of methoxy groups -OCH3 is 1. The highest BCUT2D eigenvalue weighted by atomic mass is 16.5. The molecular weight excluding hydrogens is 428 g/mol. The molecule has 2 heterocycles. The van der Waals surface area contributed by atoms with Crippen LogP contribution in [0.5, 0.6) is 5.88 Å². The van der Waals surface area contributed by atoms with Crippen LogP contribution in [0.3, 0.4) is 0 Å². The number of fused-ring (bicyclic) bond motifs is 1. The molecule has 0 bridgehead atoms. The largest absolute Gasteiger partial charge is 0.481 e. The zero-order chi connectivity index (χ0) is 24.4. The van der Waals surface area contributed by atoms with Gasteiger partial charge in [-0.2, -0.15) is 0 Å². The van der Waals surface area contributed by atoms with Gasteiger partial charge in [0.2, 0.25) is 5.88 Å². The SMILES string of the molecule is COc1cc(C)c(C(CC(=O)O)c2ccc3c(c2)CN(C(=O)c2ccc(C)c(C)c2)CC3)cn1. The van der Waals surface area contributed by atoms with Crippen molar-refractivity contribution in [1.82, 2.24) is 9.88 Å². The van der Waals surface area contributed by atoms with Crippen LogP contribution in [0.25, 0.3) is 0 Å². The molecule has 0 fully saturated rings. The van der Waals surface area contributed by atoms with Crippen LogP contribution in [0.4, 0.5) is 0 Å². The Hall–Kier alpha value is -3.67. The second-order valence-electron chi connectivity index (χ2n) is 9.04. The lowest BCUT2D eigenvalue weighted by Crippen LogP contribution is -2.36. The molecule has 1 atom stereocenters. The predicted octanol–water partition coefficient (Wildman–Crippen LogP) is 4.82. The highest BCUT2D eigenvalue weighted by molar-refractivity contribution is 5.94. The number of carboxylic acids is 1. The molecule has 6 nitrogen and oxygen atoms in total. The van der Waals surface area contributed by atoms with Crippen molar-refractivity contribution in [3.8, 4) is 5.88 Å². The molecule has 1 aromatic heterocycles. The van der Waals surface area contributed by atoms with Crippen molar-refractivity contribution >= 4 is 11.9 Å². The minimum absolute atomic E-state index is 0.0245. The van der Waals surface area contributed by atoms with Gasteiger partial charge < -0.3 is 14.7 Å². The van der Waals surface area contributed by atoms with E-state index in [0.717, 1.165) is 39.8 Å². The first-order valence-electron chi connectivity index (χ1n) is 11.5. The molecule has 1 unspecified atom stereocenters. The van der Waals surface area contributed by atoms with Crippen molar-refractivity contribution in [2.75, 3.05) is 13.7 Å². The van der Waals surface area contributed by atoms with Gasteiger partial charge >= 0.3 is 5.97 Å². The van der Waals surface area contributed by atoms with Gasteiger partial charge in [-0.15, -0.1) is 0 Å². The number of rotatable bonds is 6. The van der Waals surface area contributed by atoms with Crippen molar-refractivity contribution in [2.45, 2.75) is 46.1 Å². The number of aromatic nitrogens is 1. The van der Waals surface area contributed by atoms with Crippen molar-refractivity contribution in [3.63, 3.8) is 0 Å². The number of nitrogens with zero attached hydrogens (tertiary/aromatic N) is 2. The fourth-order valence-corrected chi connectivity index (χ4v) is 4.62. The van der Waals surface area contributed by atoms with Crippen LogP contribution in [-0.2, 0) is 17.8 Å². The molecular formula is C28H30N2O4. The van der Waals surface area contributed by atoms with Gasteiger partial charge in [-0.25, -0.2) is 4.98 Å². The molecule has 0 saturated heterocycles. The summed E-state index contributed by atoms with van der Waals surface area (Å²) in [6, 6.07) is 13.8. The van der Waals surface area contributed by atoms with Crippen LogP contribution in [0.2, 0.25) is 0 Å². The maximum absolute atomic E-state index is 13.2. The van der Waals surface area contributed by atoms with E-state index in [4.69, 9.17) is 4.74 Å². The lowest BCUT2D eigenvalue weighted by atomic mass is 9.84. The normalized spacial score (nSPS) is 13.8. The molecule has 6 heteroatoms. The van der Waals surface area contributed by atoms with E-state index in [9.17, 15) is 14.7 Å². The zero-order valence-corrected chi connectivity index (χ0v) is 20.1. The number of aliphatic carboxylic acids is 1.